The van der Waals surface area contributed by atoms with E-state index in [0.29, 0.717) is 37.1 Å². The predicted octanol–water partition coefficient (Wildman–Crippen LogP) is 4.00. The van der Waals surface area contributed by atoms with Gasteiger partial charge in [-0.2, -0.15) is 0 Å². The smallest absolute Gasteiger partial charge is 0.203 e. The molecule has 0 unspecified atom stereocenters. The topological polar surface area (TPSA) is 46.2 Å². The fraction of sp³-hybridized carbons (Fsp3) is 0.400. The number of ether oxygens (including phenoxy) is 5. The van der Waals surface area contributed by atoms with Gasteiger partial charge in [-0.05, 0) is 40.8 Å². The number of benzene rings is 2. The van der Waals surface area contributed by atoms with E-state index in [0.717, 1.165) is 16.7 Å². The number of fused-ring (bicyclic) bond motifs is 5. The van der Waals surface area contributed by atoms with Crippen molar-refractivity contribution in [2.45, 2.75) is 32.8 Å². The molecule has 2 heterocycles. The van der Waals surface area contributed by atoms with Crippen molar-refractivity contribution in [2.24, 2.45) is 0 Å². The van der Waals surface area contributed by atoms with Crippen molar-refractivity contribution in [3.8, 4) is 28.4 Å². The molecule has 5 heteroatoms. The van der Waals surface area contributed by atoms with Gasteiger partial charge in [0.2, 0.25) is 5.75 Å². The zero-order valence-corrected chi connectivity index (χ0v) is 15.0. The molecule has 0 radical (unpaired) electrons. The van der Waals surface area contributed by atoms with Crippen molar-refractivity contribution in [2.75, 3.05) is 21.3 Å². The fourth-order valence-corrected chi connectivity index (χ4v) is 3.79. The molecule has 0 N–H and O–H groups in total. The molecular formula is C20H22O5. The third-order valence-corrected chi connectivity index (χ3v) is 5.08. The van der Waals surface area contributed by atoms with Gasteiger partial charge in [-0.1, -0.05) is 12.1 Å². The van der Waals surface area contributed by atoms with Crippen LogP contribution in [0.5, 0.6) is 17.2 Å². The average molecular weight is 342 g/mol. The van der Waals surface area contributed by atoms with E-state index in [1.807, 2.05) is 13.0 Å². The summed E-state index contributed by atoms with van der Waals surface area (Å²) in [5.74, 6) is 1.91. The summed E-state index contributed by atoms with van der Waals surface area (Å²) in [5, 5.41) is 0. The van der Waals surface area contributed by atoms with Crippen LogP contribution in [0.25, 0.3) is 11.1 Å². The van der Waals surface area contributed by atoms with Crippen molar-refractivity contribution >= 4 is 0 Å². The average Bonchev–Trinajstić information content (AvgIpc) is 3.07. The molecule has 0 aliphatic carbocycles. The number of hydrogen-bond acceptors (Lipinski definition) is 5. The summed E-state index contributed by atoms with van der Waals surface area (Å²) in [5.41, 5.74) is 6.79. The Balaban J connectivity index is 2.06. The predicted molar refractivity (Wildman–Crippen MR) is 93.2 cm³/mol. The number of methoxy groups -OCH3 is 3. The van der Waals surface area contributed by atoms with Gasteiger partial charge in [0.05, 0.1) is 47.3 Å². The van der Waals surface area contributed by atoms with Crippen LogP contribution >= 0.6 is 0 Å². The van der Waals surface area contributed by atoms with Crippen LogP contribution in [0.15, 0.2) is 18.2 Å². The molecule has 2 aliphatic rings. The molecule has 0 bridgehead atoms. The standard InChI is InChI=1S/C20H22O5/c1-11-14-7-17(21-2)19(22-3)20(23-4)18(14)13-6-5-12-8-24-9-15(12)16(13)10-25-11/h5-7,11H,8-10H2,1-4H3/t11-/m1/s1. The molecule has 132 valence electrons. The van der Waals surface area contributed by atoms with Gasteiger partial charge in [0.15, 0.2) is 11.5 Å². The third-order valence-electron chi connectivity index (χ3n) is 5.08. The Morgan fingerprint density at radius 1 is 0.920 bits per heavy atom. The summed E-state index contributed by atoms with van der Waals surface area (Å²) < 4.78 is 28.7. The fourth-order valence-electron chi connectivity index (χ4n) is 3.79. The van der Waals surface area contributed by atoms with Gasteiger partial charge in [0.25, 0.3) is 0 Å². The van der Waals surface area contributed by atoms with Crippen LogP contribution in [0.2, 0.25) is 0 Å². The molecule has 0 saturated heterocycles. The first-order valence-corrected chi connectivity index (χ1v) is 8.35. The van der Waals surface area contributed by atoms with Gasteiger partial charge in [0.1, 0.15) is 0 Å². The Labute approximate surface area is 147 Å². The van der Waals surface area contributed by atoms with Gasteiger partial charge < -0.3 is 23.7 Å². The zero-order valence-electron chi connectivity index (χ0n) is 15.0. The highest BCUT2D eigenvalue weighted by molar-refractivity contribution is 5.83. The highest BCUT2D eigenvalue weighted by Gasteiger charge is 2.31. The van der Waals surface area contributed by atoms with E-state index in [1.54, 1.807) is 21.3 Å². The Morgan fingerprint density at radius 3 is 2.44 bits per heavy atom. The van der Waals surface area contributed by atoms with Crippen LogP contribution in [0.4, 0.5) is 0 Å². The molecule has 0 aromatic heterocycles. The first-order chi connectivity index (χ1) is 12.2. The minimum Gasteiger partial charge on any atom is -0.493 e. The van der Waals surface area contributed by atoms with Gasteiger partial charge in [-0.25, -0.2) is 0 Å². The van der Waals surface area contributed by atoms with Crippen LogP contribution < -0.4 is 14.2 Å². The summed E-state index contributed by atoms with van der Waals surface area (Å²) in [6.07, 6.45) is -0.0888. The van der Waals surface area contributed by atoms with Crippen LogP contribution in [-0.4, -0.2) is 21.3 Å². The van der Waals surface area contributed by atoms with E-state index in [2.05, 4.69) is 12.1 Å². The van der Waals surface area contributed by atoms with Crippen molar-refractivity contribution in [3.05, 3.63) is 40.5 Å². The van der Waals surface area contributed by atoms with E-state index >= 15 is 0 Å². The Hall–Kier alpha value is -2.24. The maximum absolute atomic E-state index is 6.15. The molecule has 2 aromatic rings. The van der Waals surface area contributed by atoms with Crippen LogP contribution in [0.1, 0.15) is 35.3 Å². The lowest BCUT2D eigenvalue weighted by molar-refractivity contribution is 0.0537. The summed E-state index contributed by atoms with van der Waals surface area (Å²) in [6, 6.07) is 6.26. The van der Waals surface area contributed by atoms with E-state index in [9.17, 15) is 0 Å². The molecular weight excluding hydrogens is 320 g/mol. The normalized spacial score (nSPS) is 18.0. The first-order valence-electron chi connectivity index (χ1n) is 8.35. The van der Waals surface area contributed by atoms with Crippen LogP contribution in [0, 0.1) is 0 Å². The lowest BCUT2D eigenvalue weighted by Gasteiger charge is -2.21. The van der Waals surface area contributed by atoms with E-state index in [-0.39, 0.29) is 6.10 Å². The molecule has 0 amide bonds. The number of hydrogen-bond donors (Lipinski definition) is 0. The lowest BCUT2D eigenvalue weighted by atomic mass is 9.89. The first kappa shape index (κ1) is 16.2. The number of rotatable bonds is 3. The van der Waals surface area contributed by atoms with Gasteiger partial charge in [-0.3, -0.25) is 0 Å². The lowest BCUT2D eigenvalue weighted by Crippen LogP contribution is -2.03. The second-order valence-corrected chi connectivity index (χ2v) is 6.28. The maximum atomic E-state index is 6.15. The van der Waals surface area contributed by atoms with Gasteiger partial charge in [0, 0.05) is 5.56 Å². The summed E-state index contributed by atoms with van der Waals surface area (Å²) in [4.78, 5) is 0. The molecule has 0 saturated carbocycles. The summed E-state index contributed by atoms with van der Waals surface area (Å²) in [6.45, 7) is 3.88. The zero-order chi connectivity index (χ0) is 17.6. The minimum absolute atomic E-state index is 0.0888. The molecule has 5 nitrogen and oxygen atoms in total. The molecule has 0 spiro atoms. The molecule has 2 aliphatic heterocycles. The molecule has 2 aromatic carbocycles. The van der Waals surface area contributed by atoms with E-state index in [1.165, 1.54) is 16.7 Å². The van der Waals surface area contributed by atoms with Crippen molar-refractivity contribution in [3.63, 3.8) is 0 Å². The molecule has 25 heavy (non-hydrogen) atoms. The van der Waals surface area contributed by atoms with Gasteiger partial charge in [-0.15, -0.1) is 0 Å². The van der Waals surface area contributed by atoms with E-state index in [4.69, 9.17) is 23.7 Å². The van der Waals surface area contributed by atoms with Crippen molar-refractivity contribution in [1.29, 1.82) is 0 Å². The molecule has 1 atom stereocenters. The van der Waals surface area contributed by atoms with Crippen molar-refractivity contribution in [1.82, 2.24) is 0 Å². The SMILES string of the molecule is COc1cc2c(c(OC)c1OC)-c1ccc3c(c1CO[C@@H]2C)COC3. The minimum atomic E-state index is -0.0888. The monoisotopic (exact) mass is 342 g/mol. The quantitative estimate of drug-likeness (QED) is 0.844. The highest BCUT2D eigenvalue weighted by Crippen LogP contribution is 2.51. The highest BCUT2D eigenvalue weighted by atomic mass is 16.5. The van der Waals surface area contributed by atoms with Gasteiger partial charge >= 0.3 is 0 Å². The maximum Gasteiger partial charge on any atom is 0.203 e. The second-order valence-electron chi connectivity index (χ2n) is 6.28. The Kier molecular flexibility index (Phi) is 4.06. The summed E-state index contributed by atoms with van der Waals surface area (Å²) in [7, 11) is 4.91. The van der Waals surface area contributed by atoms with Crippen LogP contribution in [-0.2, 0) is 29.3 Å². The van der Waals surface area contributed by atoms with E-state index < -0.39 is 0 Å². The van der Waals surface area contributed by atoms with Crippen molar-refractivity contribution < 1.29 is 23.7 Å². The Morgan fingerprint density at radius 2 is 1.72 bits per heavy atom. The van der Waals surface area contributed by atoms with Crippen LogP contribution in [0.3, 0.4) is 0 Å². The molecule has 0 fully saturated rings. The third kappa shape index (κ3) is 2.38. The summed E-state index contributed by atoms with van der Waals surface area (Å²) >= 11 is 0. The molecule has 4 rings (SSSR count). The Bertz CT molecular complexity index is 828. The largest absolute Gasteiger partial charge is 0.493 e. The second kappa shape index (κ2) is 6.24.